The molecule has 214 valence electrons. The van der Waals surface area contributed by atoms with Crippen molar-refractivity contribution in [3.05, 3.63) is 107 Å². The molecule has 1 atom stereocenters. The third-order valence-corrected chi connectivity index (χ3v) is 8.98. The Morgan fingerprint density at radius 2 is 1.86 bits per heavy atom. The van der Waals surface area contributed by atoms with Crippen LogP contribution in [0.25, 0.3) is 27.0 Å². The molecule has 11 heteroatoms. The minimum absolute atomic E-state index is 0.0504. The summed E-state index contributed by atoms with van der Waals surface area (Å²) in [6.45, 7) is 9.68. The van der Waals surface area contributed by atoms with E-state index in [1.807, 2.05) is 6.92 Å². The van der Waals surface area contributed by atoms with E-state index < -0.39 is 21.7 Å². The Morgan fingerprint density at radius 3 is 2.60 bits per heavy atom. The van der Waals surface area contributed by atoms with Crippen LogP contribution in [0.2, 0.25) is 0 Å². The van der Waals surface area contributed by atoms with Crippen LogP contribution in [0.15, 0.2) is 78.0 Å². The van der Waals surface area contributed by atoms with Gasteiger partial charge >= 0.3 is 0 Å². The van der Waals surface area contributed by atoms with Gasteiger partial charge in [-0.3, -0.25) is 0 Å². The Bertz CT molecular complexity index is 1940. The average Bonchev–Trinajstić information content (AvgIpc) is 3.65. The lowest BCUT2D eigenvalue weighted by Crippen LogP contribution is -2.18. The fourth-order valence-corrected chi connectivity index (χ4v) is 6.45. The van der Waals surface area contributed by atoms with Crippen molar-refractivity contribution in [2.75, 3.05) is 6.61 Å². The van der Waals surface area contributed by atoms with E-state index in [2.05, 4.69) is 9.94 Å². The topological polar surface area (TPSA) is 79.7 Å². The van der Waals surface area contributed by atoms with Gasteiger partial charge in [0.15, 0.2) is 11.6 Å². The maximum atomic E-state index is 15.7. The van der Waals surface area contributed by atoms with E-state index in [0.717, 1.165) is 34.9 Å². The van der Waals surface area contributed by atoms with E-state index in [9.17, 15) is 12.8 Å². The zero-order valence-corrected chi connectivity index (χ0v) is 23.4. The molecule has 2 aromatic heterocycles. The first-order chi connectivity index (χ1) is 20.3. The molecule has 1 unspecified atom stereocenters. The summed E-state index contributed by atoms with van der Waals surface area (Å²) >= 11 is 0. The second-order valence-corrected chi connectivity index (χ2v) is 11.9. The lowest BCUT2D eigenvalue weighted by Gasteiger charge is -2.22. The van der Waals surface area contributed by atoms with Crippen molar-refractivity contribution in [1.29, 1.82) is 0 Å². The highest BCUT2D eigenvalue weighted by molar-refractivity contribution is 7.90. The van der Waals surface area contributed by atoms with Crippen molar-refractivity contribution >= 4 is 20.9 Å². The molecule has 0 radical (unpaired) electrons. The number of aromatic nitrogens is 3. The molecule has 0 aliphatic carbocycles. The molecule has 3 aromatic carbocycles. The zero-order valence-electron chi connectivity index (χ0n) is 22.6. The van der Waals surface area contributed by atoms with Gasteiger partial charge < -0.3 is 14.3 Å². The normalized spacial score (nSPS) is 15.5. The van der Waals surface area contributed by atoms with Gasteiger partial charge in [0.2, 0.25) is 6.54 Å². The summed E-state index contributed by atoms with van der Waals surface area (Å²) in [5, 5.41) is 4.85. The van der Waals surface area contributed by atoms with Gasteiger partial charge in [0.05, 0.1) is 21.7 Å². The summed E-state index contributed by atoms with van der Waals surface area (Å²) in [7, 11) is -4.03. The Balaban J connectivity index is 1.37. The van der Waals surface area contributed by atoms with Crippen LogP contribution in [0.3, 0.4) is 0 Å². The molecule has 0 spiro atoms. The fourth-order valence-electron chi connectivity index (χ4n) is 5.11. The average molecular weight is 589 g/mol. The van der Waals surface area contributed by atoms with Gasteiger partial charge in [0.25, 0.3) is 10.0 Å². The number of fused-ring (bicyclic) bond motifs is 1. The predicted octanol–water partition coefficient (Wildman–Crippen LogP) is 7.24. The molecule has 0 N–H and O–H groups in total. The quantitative estimate of drug-likeness (QED) is 0.187. The lowest BCUT2D eigenvalue weighted by molar-refractivity contribution is -0.0393. The molecule has 0 bridgehead atoms. The van der Waals surface area contributed by atoms with Crippen molar-refractivity contribution in [2.45, 2.75) is 43.9 Å². The molecule has 1 aliphatic rings. The molecule has 42 heavy (non-hydrogen) atoms. The van der Waals surface area contributed by atoms with Crippen LogP contribution in [0.1, 0.15) is 36.6 Å². The van der Waals surface area contributed by atoms with Crippen LogP contribution >= 0.6 is 0 Å². The van der Waals surface area contributed by atoms with E-state index in [-0.39, 0.29) is 45.8 Å². The van der Waals surface area contributed by atoms with Gasteiger partial charge in [-0.1, -0.05) is 17.7 Å². The summed E-state index contributed by atoms with van der Waals surface area (Å²) in [6.07, 6.45) is 5.67. The van der Waals surface area contributed by atoms with Crippen molar-refractivity contribution in [3.8, 4) is 22.8 Å². The summed E-state index contributed by atoms with van der Waals surface area (Å²) < 4.78 is 71.7. The van der Waals surface area contributed by atoms with Gasteiger partial charge in [-0.25, -0.2) is 32.4 Å². The Labute approximate surface area is 241 Å². The van der Waals surface area contributed by atoms with Gasteiger partial charge in [-0.15, -0.1) is 0 Å². The Morgan fingerprint density at radius 1 is 1.05 bits per heavy atom. The van der Waals surface area contributed by atoms with E-state index in [0.29, 0.717) is 17.7 Å². The number of hydrogen-bond acceptors (Lipinski definition) is 5. The molecule has 8 nitrogen and oxygen atoms in total. The second-order valence-electron chi connectivity index (χ2n) is 10.1. The molecule has 3 heterocycles. The summed E-state index contributed by atoms with van der Waals surface area (Å²) in [5.74, 6) is -1.49. The number of benzene rings is 3. The van der Waals surface area contributed by atoms with E-state index >= 15 is 4.39 Å². The minimum Gasteiger partial charge on any atom is -0.454 e. The number of nitrogens with zero attached hydrogens (tertiary/aromatic N) is 4. The molecule has 0 amide bonds. The SMILES string of the molecule is [C-]#[N+]Cc1c(Oc2ccc(F)c(-c3ccn(C4CCCCO4)n3)c2)c(F)cc2c1ccn2S(=O)(=O)c1ccc(C)cc1. The largest absolute Gasteiger partial charge is 0.454 e. The molecule has 0 saturated carbocycles. The predicted molar refractivity (Wildman–Crippen MR) is 152 cm³/mol. The van der Waals surface area contributed by atoms with Crippen LogP contribution in [-0.2, 0) is 21.3 Å². The van der Waals surface area contributed by atoms with Crippen LogP contribution in [0, 0.1) is 25.1 Å². The van der Waals surface area contributed by atoms with Gasteiger partial charge in [0, 0.05) is 36.0 Å². The van der Waals surface area contributed by atoms with Crippen molar-refractivity contribution in [3.63, 3.8) is 0 Å². The number of halogens is 2. The maximum Gasteiger partial charge on any atom is 0.268 e. The smallest absolute Gasteiger partial charge is 0.268 e. The Kier molecular flexibility index (Phi) is 7.26. The number of rotatable bonds is 7. The van der Waals surface area contributed by atoms with Crippen molar-refractivity contribution in [1.82, 2.24) is 13.8 Å². The molecule has 1 fully saturated rings. The molecular weight excluding hydrogens is 562 g/mol. The van der Waals surface area contributed by atoms with Crippen LogP contribution in [0.5, 0.6) is 11.5 Å². The molecule has 1 aliphatic heterocycles. The minimum atomic E-state index is -4.03. The van der Waals surface area contributed by atoms with Gasteiger partial charge in [-0.05, 0) is 68.7 Å². The second kappa shape index (κ2) is 11.0. The first kappa shape index (κ1) is 27.6. The number of hydrogen-bond donors (Lipinski definition) is 0. The highest BCUT2D eigenvalue weighted by Crippen LogP contribution is 2.38. The highest BCUT2D eigenvalue weighted by atomic mass is 32.2. The van der Waals surface area contributed by atoms with Crippen LogP contribution in [-0.4, -0.2) is 28.8 Å². The summed E-state index contributed by atoms with van der Waals surface area (Å²) in [5.41, 5.74) is 1.68. The highest BCUT2D eigenvalue weighted by Gasteiger charge is 2.25. The van der Waals surface area contributed by atoms with E-state index in [1.165, 1.54) is 42.6 Å². The first-order valence-corrected chi connectivity index (χ1v) is 14.8. The standard InChI is InChI=1S/C31H26F2N4O4S/c1-20-6-9-22(10-7-20)42(38,39)37-15-12-23-25(19-34-2)31(27(33)18-29(23)37)41-21-8-11-26(32)24(17-21)28-13-14-36(35-28)30-5-3-4-16-40-30/h6-15,17-18,30H,3-5,16,19H2,1H3. The zero-order chi connectivity index (χ0) is 29.4. The lowest BCUT2D eigenvalue weighted by atomic mass is 10.1. The molecule has 5 aromatic rings. The van der Waals surface area contributed by atoms with Gasteiger partial charge in [0.1, 0.15) is 17.8 Å². The van der Waals surface area contributed by atoms with Crippen molar-refractivity contribution < 1.29 is 26.7 Å². The monoisotopic (exact) mass is 588 g/mol. The third kappa shape index (κ3) is 5.04. The van der Waals surface area contributed by atoms with E-state index in [1.54, 1.807) is 29.1 Å². The fraction of sp³-hybridized carbons (Fsp3) is 0.226. The molecular formula is C31H26F2N4O4S. The van der Waals surface area contributed by atoms with Gasteiger partial charge in [-0.2, -0.15) is 5.10 Å². The van der Waals surface area contributed by atoms with Crippen molar-refractivity contribution in [2.24, 2.45) is 0 Å². The van der Waals surface area contributed by atoms with Crippen LogP contribution < -0.4 is 4.74 Å². The number of ether oxygens (including phenoxy) is 2. The number of aryl methyl sites for hydroxylation is 1. The third-order valence-electron chi connectivity index (χ3n) is 7.28. The molecule has 6 rings (SSSR count). The van der Waals surface area contributed by atoms with E-state index in [4.69, 9.17) is 16.0 Å². The Hall–Kier alpha value is -4.53. The van der Waals surface area contributed by atoms with Crippen LogP contribution in [0.4, 0.5) is 8.78 Å². The summed E-state index contributed by atoms with van der Waals surface area (Å²) in [4.78, 5) is 3.48. The summed E-state index contributed by atoms with van der Waals surface area (Å²) in [6, 6.07) is 14.6. The maximum absolute atomic E-state index is 15.7. The first-order valence-electron chi connectivity index (χ1n) is 13.4. The molecule has 1 saturated heterocycles.